The Kier molecular flexibility index (Phi) is 3.04. The van der Waals surface area contributed by atoms with Crippen molar-refractivity contribution in [3.05, 3.63) is 23.8 Å². The minimum atomic E-state index is -0.196. The second-order valence-corrected chi connectivity index (χ2v) is 5.45. The first-order chi connectivity index (χ1) is 7.95. The maximum absolute atomic E-state index is 9.72. The molecule has 1 saturated carbocycles. The summed E-state index contributed by atoms with van der Waals surface area (Å²) in [5.41, 5.74) is 2.24. The molecule has 1 aromatic rings. The zero-order valence-corrected chi connectivity index (χ0v) is 10.9. The van der Waals surface area contributed by atoms with Crippen molar-refractivity contribution in [3.8, 4) is 5.75 Å². The van der Waals surface area contributed by atoms with Gasteiger partial charge in [-0.1, -0.05) is 13.8 Å². The molecule has 0 aromatic heterocycles. The summed E-state index contributed by atoms with van der Waals surface area (Å²) in [5.74, 6) is 0.876. The van der Waals surface area contributed by atoms with Crippen LogP contribution in [0.3, 0.4) is 0 Å². The lowest BCUT2D eigenvalue weighted by Crippen LogP contribution is -2.56. The van der Waals surface area contributed by atoms with Gasteiger partial charge in [-0.25, -0.2) is 0 Å². The molecular weight excluding hydrogens is 214 g/mol. The zero-order valence-electron chi connectivity index (χ0n) is 10.9. The number of methoxy groups -OCH3 is 1. The summed E-state index contributed by atoms with van der Waals surface area (Å²) >= 11 is 0. The highest BCUT2D eigenvalue weighted by Gasteiger charge is 2.47. The first-order valence-corrected chi connectivity index (χ1v) is 6.04. The van der Waals surface area contributed by atoms with Gasteiger partial charge in [-0.3, -0.25) is 0 Å². The van der Waals surface area contributed by atoms with Crippen LogP contribution in [0, 0.1) is 12.3 Å². The highest BCUT2D eigenvalue weighted by atomic mass is 16.5. The van der Waals surface area contributed by atoms with E-state index in [-0.39, 0.29) is 11.5 Å². The van der Waals surface area contributed by atoms with Gasteiger partial charge < -0.3 is 15.2 Å². The SMILES string of the molecule is COc1ccc(NC2CC(O)C2(C)C)c(C)c1. The molecule has 0 bridgehead atoms. The number of aliphatic hydroxyl groups excluding tert-OH is 1. The van der Waals surface area contributed by atoms with Crippen LogP contribution in [0.25, 0.3) is 0 Å². The molecule has 0 radical (unpaired) electrons. The number of anilines is 1. The minimum absolute atomic E-state index is 0.0492. The van der Waals surface area contributed by atoms with Crippen LogP contribution in [-0.4, -0.2) is 24.4 Å². The van der Waals surface area contributed by atoms with Gasteiger partial charge in [0.15, 0.2) is 0 Å². The molecule has 1 fully saturated rings. The zero-order chi connectivity index (χ0) is 12.6. The molecule has 3 nitrogen and oxygen atoms in total. The maximum atomic E-state index is 9.72. The molecule has 3 heteroatoms. The third-order valence-corrected chi connectivity index (χ3v) is 3.98. The molecule has 1 aromatic carbocycles. The second kappa shape index (κ2) is 4.22. The first-order valence-electron chi connectivity index (χ1n) is 6.04. The number of benzene rings is 1. The topological polar surface area (TPSA) is 41.5 Å². The predicted molar refractivity (Wildman–Crippen MR) is 69.5 cm³/mol. The van der Waals surface area contributed by atoms with Crippen LogP contribution in [-0.2, 0) is 0 Å². The van der Waals surface area contributed by atoms with E-state index >= 15 is 0 Å². The van der Waals surface area contributed by atoms with Crippen molar-refractivity contribution >= 4 is 5.69 Å². The summed E-state index contributed by atoms with van der Waals surface area (Å²) < 4.78 is 5.19. The molecule has 17 heavy (non-hydrogen) atoms. The molecule has 0 spiro atoms. The molecule has 1 aliphatic rings. The smallest absolute Gasteiger partial charge is 0.119 e. The lowest BCUT2D eigenvalue weighted by molar-refractivity contribution is -0.0510. The summed E-state index contributed by atoms with van der Waals surface area (Å²) in [4.78, 5) is 0. The van der Waals surface area contributed by atoms with Crippen molar-refractivity contribution in [1.29, 1.82) is 0 Å². The monoisotopic (exact) mass is 235 g/mol. The Labute approximate surface area is 103 Å². The van der Waals surface area contributed by atoms with Crippen LogP contribution in [0.4, 0.5) is 5.69 Å². The van der Waals surface area contributed by atoms with E-state index in [1.165, 1.54) is 5.56 Å². The molecule has 2 unspecified atom stereocenters. The molecule has 0 heterocycles. The standard InChI is InChI=1S/C14H21NO2/c1-9-7-10(17-4)5-6-11(9)15-12-8-13(16)14(12,2)3/h5-7,12-13,15-16H,8H2,1-4H3. The molecule has 94 valence electrons. The first kappa shape index (κ1) is 12.2. The fraction of sp³-hybridized carbons (Fsp3) is 0.571. The Balaban J connectivity index is 2.10. The molecule has 2 N–H and O–H groups in total. The van der Waals surface area contributed by atoms with E-state index in [0.29, 0.717) is 6.04 Å². The summed E-state index contributed by atoms with van der Waals surface area (Å²) in [7, 11) is 1.67. The van der Waals surface area contributed by atoms with E-state index in [9.17, 15) is 5.11 Å². The Morgan fingerprint density at radius 3 is 2.59 bits per heavy atom. The quantitative estimate of drug-likeness (QED) is 0.846. The maximum Gasteiger partial charge on any atom is 0.119 e. The molecule has 2 rings (SSSR count). The lowest BCUT2D eigenvalue weighted by atomic mass is 9.64. The Morgan fingerprint density at radius 2 is 2.12 bits per heavy atom. The fourth-order valence-electron chi connectivity index (χ4n) is 2.26. The molecule has 0 saturated heterocycles. The summed E-state index contributed by atoms with van der Waals surface area (Å²) in [6, 6.07) is 6.35. The number of ether oxygens (including phenoxy) is 1. The Morgan fingerprint density at radius 1 is 1.41 bits per heavy atom. The van der Waals surface area contributed by atoms with Crippen molar-refractivity contribution in [2.45, 2.75) is 39.3 Å². The average Bonchev–Trinajstić information content (AvgIpc) is 2.30. The van der Waals surface area contributed by atoms with Crippen molar-refractivity contribution in [3.63, 3.8) is 0 Å². The van der Waals surface area contributed by atoms with E-state index < -0.39 is 0 Å². The van der Waals surface area contributed by atoms with Crippen LogP contribution in [0.15, 0.2) is 18.2 Å². The van der Waals surface area contributed by atoms with Crippen LogP contribution < -0.4 is 10.1 Å². The third-order valence-electron chi connectivity index (χ3n) is 3.98. The lowest BCUT2D eigenvalue weighted by Gasteiger charge is -2.50. The predicted octanol–water partition coefficient (Wildman–Crippen LogP) is 2.57. The van der Waals surface area contributed by atoms with Gasteiger partial charge in [-0.05, 0) is 37.1 Å². The summed E-state index contributed by atoms with van der Waals surface area (Å²) in [6.07, 6.45) is 0.622. The van der Waals surface area contributed by atoms with Crippen molar-refractivity contribution in [1.82, 2.24) is 0 Å². The molecule has 1 aliphatic carbocycles. The Hall–Kier alpha value is -1.22. The van der Waals surface area contributed by atoms with E-state index in [2.05, 4.69) is 26.1 Å². The van der Waals surface area contributed by atoms with Gasteiger partial charge in [0.25, 0.3) is 0 Å². The van der Waals surface area contributed by atoms with E-state index in [1.807, 2.05) is 18.2 Å². The van der Waals surface area contributed by atoms with Crippen LogP contribution in [0.2, 0.25) is 0 Å². The van der Waals surface area contributed by atoms with Gasteiger partial charge in [-0.15, -0.1) is 0 Å². The number of rotatable bonds is 3. The van der Waals surface area contributed by atoms with Crippen molar-refractivity contribution < 1.29 is 9.84 Å². The molecular formula is C14H21NO2. The van der Waals surface area contributed by atoms with Crippen molar-refractivity contribution in [2.24, 2.45) is 5.41 Å². The van der Waals surface area contributed by atoms with Crippen LogP contribution >= 0.6 is 0 Å². The number of aliphatic hydroxyl groups is 1. The van der Waals surface area contributed by atoms with Gasteiger partial charge in [0.05, 0.1) is 13.2 Å². The van der Waals surface area contributed by atoms with Crippen LogP contribution in [0.1, 0.15) is 25.8 Å². The highest BCUT2D eigenvalue weighted by molar-refractivity contribution is 5.55. The van der Waals surface area contributed by atoms with E-state index in [4.69, 9.17) is 4.74 Å². The average molecular weight is 235 g/mol. The molecule has 0 aliphatic heterocycles. The fourth-order valence-corrected chi connectivity index (χ4v) is 2.26. The van der Waals surface area contributed by atoms with Gasteiger partial charge in [0.2, 0.25) is 0 Å². The van der Waals surface area contributed by atoms with Gasteiger partial charge in [0, 0.05) is 17.1 Å². The summed E-state index contributed by atoms with van der Waals surface area (Å²) in [5, 5.41) is 13.2. The molecule has 0 amide bonds. The molecule has 2 atom stereocenters. The Bertz CT molecular complexity index is 415. The highest BCUT2D eigenvalue weighted by Crippen LogP contribution is 2.42. The minimum Gasteiger partial charge on any atom is -0.497 e. The van der Waals surface area contributed by atoms with E-state index in [1.54, 1.807) is 7.11 Å². The van der Waals surface area contributed by atoms with Gasteiger partial charge in [0.1, 0.15) is 5.75 Å². The second-order valence-electron chi connectivity index (χ2n) is 5.45. The number of nitrogens with one attached hydrogen (secondary N) is 1. The van der Waals surface area contributed by atoms with Crippen LogP contribution in [0.5, 0.6) is 5.75 Å². The van der Waals surface area contributed by atoms with Crippen molar-refractivity contribution in [2.75, 3.05) is 12.4 Å². The van der Waals surface area contributed by atoms with Gasteiger partial charge in [-0.2, -0.15) is 0 Å². The number of hydrogen-bond donors (Lipinski definition) is 2. The third kappa shape index (κ3) is 2.12. The van der Waals surface area contributed by atoms with E-state index in [0.717, 1.165) is 17.9 Å². The number of hydrogen-bond acceptors (Lipinski definition) is 3. The number of aryl methyl sites for hydroxylation is 1. The largest absolute Gasteiger partial charge is 0.497 e. The summed E-state index contributed by atoms with van der Waals surface area (Å²) in [6.45, 7) is 6.25. The normalized spacial score (nSPS) is 26.2. The van der Waals surface area contributed by atoms with Gasteiger partial charge >= 0.3 is 0 Å².